The highest BCUT2D eigenvalue weighted by Gasteiger charge is 2.42. The van der Waals surface area contributed by atoms with Crippen molar-refractivity contribution in [3.05, 3.63) is 68.9 Å². The number of hydrogen-bond acceptors (Lipinski definition) is 8. The van der Waals surface area contributed by atoms with Crippen molar-refractivity contribution in [3.8, 4) is 11.5 Å². The van der Waals surface area contributed by atoms with Gasteiger partial charge in [-0.3, -0.25) is 14.4 Å². The van der Waals surface area contributed by atoms with Gasteiger partial charge in [-0.15, -0.1) is 0 Å². The number of para-hydroxylation sites is 1. The molecule has 2 amide bonds. The Labute approximate surface area is 268 Å². The Balaban J connectivity index is 1.48. The Morgan fingerprint density at radius 1 is 1.25 bits per heavy atom. The number of hydrogen-bond donors (Lipinski definition) is 4. The molecule has 2 heterocycles. The summed E-state index contributed by atoms with van der Waals surface area (Å²) >= 11 is 2.02. The third-order valence-corrected chi connectivity index (χ3v) is 8.83. The van der Waals surface area contributed by atoms with E-state index >= 15 is 0 Å². The quantitative estimate of drug-likeness (QED) is 0.165. The second-order valence-electron chi connectivity index (χ2n) is 10.9. The van der Waals surface area contributed by atoms with Gasteiger partial charge < -0.3 is 39.6 Å². The lowest BCUT2D eigenvalue weighted by atomic mass is 9.87. The Morgan fingerprint density at radius 3 is 2.77 bits per heavy atom. The number of aliphatic hydroxyl groups is 2. The van der Waals surface area contributed by atoms with Crippen molar-refractivity contribution in [3.63, 3.8) is 0 Å². The third-order valence-electron chi connectivity index (χ3n) is 8.03. The summed E-state index contributed by atoms with van der Waals surface area (Å²) in [6, 6.07) is 12.3. The normalized spacial score (nSPS) is 21.5. The first-order valence-electron chi connectivity index (χ1n) is 14.5. The molecule has 234 valence electrons. The first-order chi connectivity index (χ1) is 21.3. The van der Waals surface area contributed by atoms with Crippen molar-refractivity contribution in [1.29, 1.82) is 0 Å². The predicted octanol–water partition coefficient (Wildman–Crippen LogP) is 2.62. The fraction of sp³-hybridized carbons (Fsp3) is 0.406. The molecule has 12 heteroatoms. The molecule has 0 saturated carbocycles. The standard InChI is InChI=1S/C32H36IN3O8/c1-42-28-13-19(17-38)12-24(33)30(28)44-27-16-22(31(40)34-8-10-37)15-26(29(27)39)36(32(41)21-7-11-43-18-21)9-6-23-14-20-4-2-3-5-25(20)35-23/h2-5,12-14,16-17,21,26-27,29,35,37,39H,6-11,15,18H2,1H3,(H,34,40)/t21?,26-,27+,29+/m1/s1. The number of fused-ring (bicyclic) bond motifs is 1. The Bertz CT molecular complexity index is 1500. The summed E-state index contributed by atoms with van der Waals surface area (Å²) in [5.74, 6) is -0.341. The molecule has 1 unspecified atom stereocenters. The first kappa shape index (κ1) is 31.9. The van der Waals surface area contributed by atoms with E-state index in [0.29, 0.717) is 58.5 Å². The molecule has 1 fully saturated rings. The van der Waals surface area contributed by atoms with Gasteiger partial charge in [0.25, 0.3) is 0 Å². The van der Waals surface area contributed by atoms with Crippen LogP contribution in [0.15, 0.2) is 54.1 Å². The fourth-order valence-corrected chi connectivity index (χ4v) is 6.50. The summed E-state index contributed by atoms with van der Waals surface area (Å²) in [6.45, 7) is 0.880. The molecule has 2 aliphatic rings. The number of aromatic nitrogens is 1. The molecule has 3 aromatic rings. The fourth-order valence-electron chi connectivity index (χ4n) is 5.75. The largest absolute Gasteiger partial charge is 0.493 e. The van der Waals surface area contributed by atoms with Crippen LogP contribution >= 0.6 is 22.6 Å². The van der Waals surface area contributed by atoms with Crippen LogP contribution in [0.4, 0.5) is 0 Å². The summed E-state index contributed by atoms with van der Waals surface area (Å²) in [5.41, 5.74) is 2.65. The van der Waals surface area contributed by atoms with Crippen molar-refractivity contribution in [1.82, 2.24) is 15.2 Å². The lowest BCUT2D eigenvalue weighted by molar-refractivity contribution is -0.142. The van der Waals surface area contributed by atoms with Crippen molar-refractivity contribution in [2.75, 3.05) is 40.0 Å². The van der Waals surface area contributed by atoms with Gasteiger partial charge in [-0.1, -0.05) is 18.2 Å². The summed E-state index contributed by atoms with van der Waals surface area (Å²) in [7, 11) is 1.45. The lowest BCUT2D eigenvalue weighted by Crippen LogP contribution is -2.56. The molecule has 44 heavy (non-hydrogen) atoms. The minimum atomic E-state index is -1.20. The SMILES string of the molecule is COc1cc(C=O)cc(I)c1O[C@H]1C=C(C(=O)NCCO)C[C@@H](N(CCc2cc3ccccc3[nH]2)C(=O)C2CCOC2)[C@@H]1O. The van der Waals surface area contributed by atoms with Crippen molar-refractivity contribution in [2.24, 2.45) is 5.92 Å². The van der Waals surface area contributed by atoms with Gasteiger partial charge in [0.15, 0.2) is 11.5 Å². The number of nitrogens with one attached hydrogen (secondary N) is 2. The van der Waals surface area contributed by atoms with Crippen molar-refractivity contribution < 1.29 is 38.8 Å². The number of carbonyl (C=O) groups excluding carboxylic acids is 3. The zero-order valence-corrected chi connectivity index (χ0v) is 26.5. The molecular weight excluding hydrogens is 681 g/mol. The smallest absolute Gasteiger partial charge is 0.247 e. The molecule has 1 aromatic heterocycles. The van der Waals surface area contributed by atoms with Crippen LogP contribution in [-0.2, 0) is 20.7 Å². The number of carbonyl (C=O) groups is 3. The van der Waals surface area contributed by atoms with Gasteiger partial charge in [0, 0.05) is 54.9 Å². The van der Waals surface area contributed by atoms with E-state index in [-0.39, 0.29) is 37.9 Å². The Morgan fingerprint density at radius 2 is 2.07 bits per heavy atom. The third kappa shape index (κ3) is 7.09. The molecule has 1 saturated heterocycles. The van der Waals surface area contributed by atoms with Gasteiger partial charge in [-0.2, -0.15) is 0 Å². The van der Waals surface area contributed by atoms with Crippen LogP contribution < -0.4 is 14.8 Å². The van der Waals surface area contributed by atoms with Gasteiger partial charge in [-0.25, -0.2) is 0 Å². The Kier molecular flexibility index (Phi) is 10.6. The van der Waals surface area contributed by atoms with Crippen molar-refractivity contribution in [2.45, 2.75) is 37.5 Å². The van der Waals surface area contributed by atoms with Crippen LogP contribution in [0, 0.1) is 9.49 Å². The van der Waals surface area contributed by atoms with Crippen LogP contribution in [0.25, 0.3) is 10.9 Å². The second-order valence-corrected chi connectivity index (χ2v) is 12.1. The number of ether oxygens (including phenoxy) is 3. The average Bonchev–Trinajstić information content (AvgIpc) is 3.72. The zero-order chi connectivity index (χ0) is 31.2. The van der Waals surface area contributed by atoms with E-state index < -0.39 is 24.2 Å². The highest BCUT2D eigenvalue weighted by molar-refractivity contribution is 14.1. The van der Waals surface area contributed by atoms with E-state index in [1.165, 1.54) is 13.2 Å². The first-order valence-corrected chi connectivity index (χ1v) is 15.6. The molecule has 4 atom stereocenters. The maximum absolute atomic E-state index is 14.0. The maximum atomic E-state index is 14.0. The second kappa shape index (κ2) is 14.5. The number of rotatable bonds is 12. The number of H-pyrrole nitrogens is 1. The highest BCUT2D eigenvalue weighted by Crippen LogP contribution is 2.37. The van der Waals surface area contributed by atoms with Gasteiger partial charge in [0.2, 0.25) is 11.8 Å². The molecule has 1 aliphatic heterocycles. The van der Waals surface area contributed by atoms with Crippen LogP contribution in [0.5, 0.6) is 11.5 Å². The highest BCUT2D eigenvalue weighted by atomic mass is 127. The van der Waals surface area contributed by atoms with Crippen molar-refractivity contribution >= 4 is 51.6 Å². The molecule has 4 N–H and O–H groups in total. The van der Waals surface area contributed by atoms with Crippen LogP contribution in [-0.4, -0.2) is 96.5 Å². The van der Waals surface area contributed by atoms with Gasteiger partial charge in [-0.05, 0) is 64.7 Å². The van der Waals surface area contributed by atoms with Gasteiger partial charge in [0.05, 0.1) is 35.9 Å². The maximum Gasteiger partial charge on any atom is 0.247 e. The monoisotopic (exact) mass is 717 g/mol. The van der Waals surface area contributed by atoms with Gasteiger partial charge >= 0.3 is 0 Å². The number of halogens is 1. The van der Waals surface area contributed by atoms with E-state index in [1.54, 1.807) is 17.0 Å². The summed E-state index contributed by atoms with van der Waals surface area (Å²) in [4.78, 5) is 43.7. The zero-order valence-electron chi connectivity index (χ0n) is 24.3. The number of aliphatic hydroxyl groups excluding tert-OH is 2. The van der Waals surface area contributed by atoms with E-state index in [0.717, 1.165) is 16.6 Å². The summed E-state index contributed by atoms with van der Waals surface area (Å²) < 4.78 is 17.9. The number of aldehydes is 1. The average molecular weight is 718 g/mol. The number of benzene rings is 2. The van der Waals surface area contributed by atoms with E-state index in [2.05, 4.69) is 10.3 Å². The molecule has 0 bridgehead atoms. The molecule has 1 aliphatic carbocycles. The molecule has 11 nitrogen and oxygen atoms in total. The topological polar surface area (TPSA) is 150 Å². The number of methoxy groups -OCH3 is 1. The number of nitrogens with zero attached hydrogens (tertiary/aromatic N) is 1. The van der Waals surface area contributed by atoms with Crippen LogP contribution in [0.2, 0.25) is 0 Å². The minimum Gasteiger partial charge on any atom is -0.493 e. The molecule has 5 rings (SSSR count). The van der Waals surface area contributed by atoms with E-state index in [9.17, 15) is 24.6 Å². The molecular formula is C32H36IN3O8. The number of amides is 2. The van der Waals surface area contributed by atoms with E-state index in [1.807, 2.05) is 52.9 Å². The van der Waals surface area contributed by atoms with Crippen LogP contribution in [0.3, 0.4) is 0 Å². The molecule has 0 radical (unpaired) electrons. The van der Waals surface area contributed by atoms with Gasteiger partial charge in [0.1, 0.15) is 18.5 Å². The molecule has 0 spiro atoms. The predicted molar refractivity (Wildman–Crippen MR) is 171 cm³/mol. The summed E-state index contributed by atoms with van der Waals surface area (Å²) in [6.07, 6.45) is 1.17. The van der Waals surface area contributed by atoms with Crippen LogP contribution in [0.1, 0.15) is 28.9 Å². The lowest BCUT2D eigenvalue weighted by Gasteiger charge is -2.41. The van der Waals surface area contributed by atoms with E-state index in [4.69, 9.17) is 14.2 Å². The Hall–Kier alpha value is -3.46. The minimum absolute atomic E-state index is 0.0518. The summed E-state index contributed by atoms with van der Waals surface area (Å²) in [5, 5.41) is 24.9. The number of aromatic amines is 1. The molecule has 2 aromatic carbocycles.